The second kappa shape index (κ2) is 10.6. The molecule has 1 N–H and O–H groups in total. The topological polar surface area (TPSA) is 69.0 Å². The number of thioether (sulfide) groups is 1. The van der Waals surface area contributed by atoms with E-state index in [1.807, 2.05) is 47.9 Å². The normalized spacial score (nSPS) is 10.9. The first kappa shape index (κ1) is 21.5. The fourth-order valence-electron chi connectivity index (χ4n) is 2.79. The number of nitrogens with zero attached hydrogens (tertiary/aromatic N) is 3. The third-order valence-corrected chi connectivity index (χ3v) is 6.15. The van der Waals surface area contributed by atoms with Crippen LogP contribution in [-0.2, 0) is 22.5 Å². The Labute approximate surface area is 183 Å². The number of methoxy groups -OCH3 is 1. The van der Waals surface area contributed by atoms with E-state index in [9.17, 15) is 4.79 Å². The molecule has 1 amide bonds. The monoisotopic (exact) mass is 474 g/mol. The summed E-state index contributed by atoms with van der Waals surface area (Å²) in [7, 11) is 1.67. The van der Waals surface area contributed by atoms with Crippen LogP contribution < -0.4 is 5.32 Å². The Morgan fingerprint density at radius 2 is 2.00 bits per heavy atom. The van der Waals surface area contributed by atoms with Gasteiger partial charge in [-0.05, 0) is 36.2 Å². The molecule has 0 aliphatic carbocycles. The average Bonchev–Trinajstić information content (AvgIpc) is 3.09. The quantitative estimate of drug-likeness (QED) is 0.467. The van der Waals surface area contributed by atoms with E-state index in [4.69, 9.17) is 4.74 Å². The van der Waals surface area contributed by atoms with Crippen molar-refractivity contribution in [2.75, 3.05) is 24.8 Å². The van der Waals surface area contributed by atoms with E-state index in [0.717, 1.165) is 26.7 Å². The number of anilines is 1. The minimum atomic E-state index is -0.0809. The molecule has 152 valence electrons. The van der Waals surface area contributed by atoms with Gasteiger partial charge in [0, 0.05) is 30.2 Å². The van der Waals surface area contributed by atoms with Gasteiger partial charge in [-0.3, -0.25) is 4.79 Å². The molecule has 0 atom stereocenters. The van der Waals surface area contributed by atoms with Crippen molar-refractivity contribution in [2.45, 2.75) is 25.0 Å². The van der Waals surface area contributed by atoms with Gasteiger partial charge >= 0.3 is 0 Å². The van der Waals surface area contributed by atoms with Gasteiger partial charge in [-0.15, -0.1) is 10.2 Å². The number of benzene rings is 2. The third kappa shape index (κ3) is 6.16. The SMILES string of the molecule is COCCn1c(Cc2ccccc2)nnc1SCC(=O)Nc1ccc(Br)c(C)c1. The summed E-state index contributed by atoms with van der Waals surface area (Å²) in [6.45, 7) is 3.18. The van der Waals surface area contributed by atoms with Gasteiger partial charge < -0.3 is 14.6 Å². The first-order chi connectivity index (χ1) is 14.1. The maximum Gasteiger partial charge on any atom is 0.234 e. The maximum absolute atomic E-state index is 12.4. The summed E-state index contributed by atoms with van der Waals surface area (Å²) in [5.74, 6) is 1.04. The number of aryl methyl sites for hydroxylation is 1. The number of amides is 1. The minimum Gasteiger partial charge on any atom is -0.383 e. The van der Waals surface area contributed by atoms with Gasteiger partial charge in [0.2, 0.25) is 5.91 Å². The van der Waals surface area contributed by atoms with Crippen molar-refractivity contribution in [1.29, 1.82) is 0 Å². The van der Waals surface area contributed by atoms with E-state index >= 15 is 0 Å². The van der Waals surface area contributed by atoms with Gasteiger partial charge in [-0.2, -0.15) is 0 Å². The average molecular weight is 475 g/mol. The van der Waals surface area contributed by atoms with Crippen molar-refractivity contribution in [2.24, 2.45) is 0 Å². The molecule has 1 heterocycles. The lowest BCUT2D eigenvalue weighted by Crippen LogP contribution is -2.15. The second-order valence-electron chi connectivity index (χ2n) is 6.51. The number of hydrogen-bond acceptors (Lipinski definition) is 5. The molecule has 0 unspecified atom stereocenters. The fourth-order valence-corrected chi connectivity index (χ4v) is 3.82. The molecule has 0 aliphatic rings. The van der Waals surface area contributed by atoms with E-state index in [-0.39, 0.29) is 11.7 Å². The Kier molecular flexibility index (Phi) is 7.85. The summed E-state index contributed by atoms with van der Waals surface area (Å²) >= 11 is 4.84. The van der Waals surface area contributed by atoms with Gasteiger partial charge in [0.05, 0.1) is 12.4 Å². The Bertz CT molecular complexity index is 963. The van der Waals surface area contributed by atoms with Crippen LogP contribution in [0.2, 0.25) is 0 Å². The maximum atomic E-state index is 12.4. The van der Waals surface area contributed by atoms with Crippen LogP contribution in [0, 0.1) is 6.92 Å². The van der Waals surface area contributed by atoms with Crippen molar-refractivity contribution in [3.63, 3.8) is 0 Å². The molecule has 0 radical (unpaired) electrons. The minimum absolute atomic E-state index is 0.0809. The van der Waals surface area contributed by atoms with E-state index in [0.29, 0.717) is 19.6 Å². The molecular weight excluding hydrogens is 452 g/mol. The number of nitrogens with one attached hydrogen (secondary N) is 1. The molecule has 6 nitrogen and oxygen atoms in total. The standard InChI is InChI=1S/C21H23BrN4O2S/c1-15-12-17(8-9-18(15)22)23-20(27)14-29-21-25-24-19(26(21)10-11-28-2)13-16-6-4-3-5-7-16/h3-9,12H,10-11,13-14H2,1-2H3,(H,23,27). The van der Waals surface area contributed by atoms with Gasteiger partial charge in [0.1, 0.15) is 5.82 Å². The van der Waals surface area contributed by atoms with Gasteiger partial charge in [-0.25, -0.2) is 0 Å². The molecule has 0 bridgehead atoms. The highest BCUT2D eigenvalue weighted by molar-refractivity contribution is 9.10. The smallest absolute Gasteiger partial charge is 0.234 e. The van der Waals surface area contributed by atoms with Crippen molar-refractivity contribution in [3.8, 4) is 0 Å². The number of carbonyl (C=O) groups is 1. The molecule has 29 heavy (non-hydrogen) atoms. The van der Waals surface area contributed by atoms with Crippen molar-refractivity contribution in [1.82, 2.24) is 14.8 Å². The summed E-state index contributed by atoms with van der Waals surface area (Å²) in [6.07, 6.45) is 0.683. The molecule has 2 aromatic carbocycles. The van der Waals surface area contributed by atoms with Gasteiger partial charge in [0.15, 0.2) is 5.16 Å². The van der Waals surface area contributed by atoms with E-state index in [1.54, 1.807) is 7.11 Å². The van der Waals surface area contributed by atoms with Crippen LogP contribution in [0.5, 0.6) is 0 Å². The molecule has 0 fully saturated rings. The van der Waals surface area contributed by atoms with E-state index in [1.165, 1.54) is 17.3 Å². The summed E-state index contributed by atoms with van der Waals surface area (Å²) in [5, 5.41) is 12.3. The molecule has 0 aliphatic heterocycles. The largest absolute Gasteiger partial charge is 0.383 e. The zero-order chi connectivity index (χ0) is 20.6. The predicted molar refractivity (Wildman–Crippen MR) is 119 cm³/mol. The number of ether oxygens (including phenoxy) is 1. The lowest BCUT2D eigenvalue weighted by Gasteiger charge is -2.10. The predicted octanol–water partition coefficient (Wildman–Crippen LogP) is 4.32. The Morgan fingerprint density at radius 1 is 1.21 bits per heavy atom. The van der Waals surface area contributed by atoms with E-state index in [2.05, 4.69) is 43.6 Å². The van der Waals surface area contributed by atoms with Crippen LogP contribution in [-0.4, -0.2) is 40.1 Å². The van der Waals surface area contributed by atoms with Gasteiger partial charge in [-0.1, -0.05) is 58.0 Å². The highest BCUT2D eigenvalue weighted by Crippen LogP contribution is 2.22. The second-order valence-corrected chi connectivity index (χ2v) is 8.30. The fraction of sp³-hybridized carbons (Fsp3) is 0.286. The van der Waals surface area contributed by atoms with Crippen LogP contribution in [0.25, 0.3) is 0 Å². The molecule has 3 aromatic rings. The number of carbonyl (C=O) groups excluding carboxylic acids is 1. The zero-order valence-electron chi connectivity index (χ0n) is 16.4. The number of rotatable bonds is 9. The summed E-state index contributed by atoms with van der Waals surface area (Å²) in [5.41, 5.74) is 3.01. The van der Waals surface area contributed by atoms with Crippen LogP contribution in [0.4, 0.5) is 5.69 Å². The molecule has 1 aromatic heterocycles. The summed E-state index contributed by atoms with van der Waals surface area (Å²) in [6, 6.07) is 15.9. The molecule has 0 saturated heterocycles. The van der Waals surface area contributed by atoms with E-state index < -0.39 is 0 Å². The molecule has 3 rings (SSSR count). The van der Waals surface area contributed by atoms with Crippen molar-refractivity contribution >= 4 is 39.3 Å². The first-order valence-corrected chi connectivity index (χ1v) is 11.0. The van der Waals surface area contributed by atoms with Crippen molar-refractivity contribution < 1.29 is 9.53 Å². The van der Waals surface area contributed by atoms with Crippen LogP contribution in [0.15, 0.2) is 58.2 Å². The zero-order valence-corrected chi connectivity index (χ0v) is 18.8. The Morgan fingerprint density at radius 3 is 2.72 bits per heavy atom. The number of hydrogen-bond donors (Lipinski definition) is 1. The number of aromatic nitrogens is 3. The highest BCUT2D eigenvalue weighted by atomic mass is 79.9. The highest BCUT2D eigenvalue weighted by Gasteiger charge is 2.15. The summed E-state index contributed by atoms with van der Waals surface area (Å²) < 4.78 is 8.27. The van der Waals surface area contributed by atoms with Crippen LogP contribution in [0.3, 0.4) is 0 Å². The van der Waals surface area contributed by atoms with Crippen LogP contribution >= 0.6 is 27.7 Å². The molecule has 0 saturated carbocycles. The Balaban J connectivity index is 1.65. The lowest BCUT2D eigenvalue weighted by molar-refractivity contribution is -0.113. The molecule has 0 spiro atoms. The molecular formula is C21H23BrN4O2S. The lowest BCUT2D eigenvalue weighted by atomic mass is 10.1. The Hall–Kier alpha value is -2.16. The number of halogens is 1. The van der Waals surface area contributed by atoms with Crippen molar-refractivity contribution in [3.05, 3.63) is 70.0 Å². The van der Waals surface area contributed by atoms with Gasteiger partial charge in [0.25, 0.3) is 0 Å². The third-order valence-electron chi connectivity index (χ3n) is 4.29. The van der Waals surface area contributed by atoms with Crippen LogP contribution in [0.1, 0.15) is 17.0 Å². The molecule has 8 heteroatoms. The summed E-state index contributed by atoms with van der Waals surface area (Å²) in [4.78, 5) is 12.4. The first-order valence-electron chi connectivity index (χ1n) is 9.20.